The molecule has 0 bridgehead atoms. The number of pyridine rings is 1. The Labute approximate surface area is 179 Å². The molecule has 0 aliphatic rings. The number of nitrogens with one attached hydrogen (secondary N) is 3. The fraction of sp³-hybridized carbons (Fsp3) is 0.0909. The Morgan fingerprint density at radius 1 is 1.10 bits per heavy atom. The number of H-pyrrole nitrogens is 2. The number of aromatic amines is 2. The van der Waals surface area contributed by atoms with E-state index in [1.54, 1.807) is 12.4 Å². The molecule has 5 aromatic rings. The highest BCUT2D eigenvalue weighted by Crippen LogP contribution is 2.29. The van der Waals surface area contributed by atoms with E-state index in [0.717, 1.165) is 39.0 Å². The second-order valence-electron chi connectivity index (χ2n) is 7.26. The van der Waals surface area contributed by atoms with Crippen molar-refractivity contribution in [3.63, 3.8) is 0 Å². The summed E-state index contributed by atoms with van der Waals surface area (Å²) in [6.45, 7) is 0.312. The van der Waals surface area contributed by atoms with Gasteiger partial charge >= 0.3 is 0 Å². The third kappa shape index (κ3) is 3.81. The van der Waals surface area contributed by atoms with Gasteiger partial charge in [0.25, 0.3) is 5.56 Å². The summed E-state index contributed by atoms with van der Waals surface area (Å²) >= 11 is -2.03. The van der Waals surface area contributed by atoms with E-state index in [4.69, 9.17) is 4.55 Å². The van der Waals surface area contributed by atoms with Crippen LogP contribution in [0.4, 0.5) is 0 Å². The highest BCUT2D eigenvalue weighted by atomic mass is 32.2. The van der Waals surface area contributed by atoms with Gasteiger partial charge in [0.2, 0.25) is 11.3 Å². The minimum atomic E-state index is -2.03. The van der Waals surface area contributed by atoms with E-state index in [2.05, 4.69) is 19.7 Å². The molecular weight excluding hydrogens is 414 g/mol. The zero-order chi connectivity index (χ0) is 21.4. The average molecular weight is 433 g/mol. The summed E-state index contributed by atoms with van der Waals surface area (Å²) in [6.07, 6.45) is 7.99. The Hall–Kier alpha value is -3.53. The van der Waals surface area contributed by atoms with Gasteiger partial charge in [-0.2, -0.15) is 0 Å². The molecule has 0 aliphatic carbocycles. The van der Waals surface area contributed by atoms with Gasteiger partial charge in [-0.25, -0.2) is 13.9 Å². The molecule has 1 aromatic carbocycles. The Morgan fingerprint density at radius 3 is 2.71 bits per heavy atom. The molecule has 9 heteroatoms. The molecule has 31 heavy (non-hydrogen) atoms. The largest absolute Gasteiger partial charge is 0.346 e. The van der Waals surface area contributed by atoms with Crippen LogP contribution >= 0.6 is 0 Å². The number of hydrogen-bond donors (Lipinski definition) is 4. The van der Waals surface area contributed by atoms with Crippen LogP contribution in [0.15, 0.2) is 72.0 Å². The number of benzene rings is 1. The van der Waals surface area contributed by atoms with Crippen molar-refractivity contribution >= 4 is 27.8 Å². The Morgan fingerprint density at radius 2 is 1.90 bits per heavy atom. The molecule has 0 fully saturated rings. The summed E-state index contributed by atoms with van der Waals surface area (Å²) in [5.74, 6) is 0. The lowest BCUT2D eigenvalue weighted by Gasteiger charge is -2.07. The van der Waals surface area contributed by atoms with E-state index >= 15 is 0 Å². The zero-order valence-electron chi connectivity index (χ0n) is 16.3. The highest BCUT2D eigenvalue weighted by molar-refractivity contribution is 7.77. The van der Waals surface area contributed by atoms with Gasteiger partial charge in [0.1, 0.15) is 11.2 Å². The summed E-state index contributed by atoms with van der Waals surface area (Å²) in [5, 5.41) is 1.00. The summed E-state index contributed by atoms with van der Waals surface area (Å²) in [4.78, 5) is 22.8. The number of aromatic nitrogens is 4. The zero-order valence-corrected chi connectivity index (χ0v) is 17.1. The smallest absolute Gasteiger partial charge is 0.272 e. The molecule has 0 saturated heterocycles. The SMILES string of the molecule is O=c1[nH]cc(Cc2ccc(CNS(=O)O)cc2)n2cc(-c3c[nH]c4ncccc34)cc12. The standard InChI is InChI=1S/C22H19N5O3S/c28-22-20-9-16(19-12-24-21-18(19)2-1-7-23-21)13-27(20)17(11-25-22)8-14-3-5-15(6-4-14)10-26-31(29)30/h1-7,9,11-13,26H,8,10H2,(H,23,24)(H,25,28)(H,29,30). The topological polar surface area (TPSA) is 115 Å². The molecule has 0 aliphatic heterocycles. The van der Waals surface area contributed by atoms with Crippen LogP contribution in [0.1, 0.15) is 16.8 Å². The molecular formula is C22H19N5O3S. The van der Waals surface area contributed by atoms with E-state index in [-0.39, 0.29) is 5.56 Å². The molecule has 0 radical (unpaired) electrons. The summed E-state index contributed by atoms with van der Waals surface area (Å²) < 4.78 is 24.0. The first kappa shape index (κ1) is 19.4. The highest BCUT2D eigenvalue weighted by Gasteiger charge is 2.13. The Kier molecular flexibility index (Phi) is 4.99. The number of rotatable bonds is 6. The summed E-state index contributed by atoms with van der Waals surface area (Å²) in [6, 6.07) is 13.6. The molecule has 0 amide bonds. The number of nitrogens with zero attached hydrogens (tertiary/aromatic N) is 2. The van der Waals surface area contributed by atoms with Crippen LogP contribution in [0.3, 0.4) is 0 Å². The molecule has 4 N–H and O–H groups in total. The van der Waals surface area contributed by atoms with E-state index in [0.29, 0.717) is 18.5 Å². The van der Waals surface area contributed by atoms with Crippen molar-refractivity contribution in [2.45, 2.75) is 13.0 Å². The van der Waals surface area contributed by atoms with Crippen LogP contribution in [0.2, 0.25) is 0 Å². The van der Waals surface area contributed by atoms with Gasteiger partial charge in [-0.15, -0.1) is 0 Å². The second kappa shape index (κ2) is 7.95. The van der Waals surface area contributed by atoms with Gasteiger partial charge in [0.15, 0.2) is 0 Å². The molecule has 4 heterocycles. The third-order valence-electron chi connectivity index (χ3n) is 5.30. The van der Waals surface area contributed by atoms with Gasteiger partial charge in [0.05, 0.1) is 0 Å². The molecule has 8 nitrogen and oxygen atoms in total. The maximum atomic E-state index is 12.5. The molecule has 4 aromatic heterocycles. The molecule has 1 atom stereocenters. The van der Waals surface area contributed by atoms with Crippen molar-refractivity contribution in [3.05, 3.63) is 94.4 Å². The van der Waals surface area contributed by atoms with Crippen molar-refractivity contribution < 1.29 is 8.76 Å². The number of hydrogen-bond acceptors (Lipinski definition) is 3. The van der Waals surface area contributed by atoms with Crippen molar-refractivity contribution in [1.29, 1.82) is 0 Å². The van der Waals surface area contributed by atoms with Crippen LogP contribution in [-0.4, -0.2) is 28.1 Å². The molecule has 5 rings (SSSR count). The first-order chi connectivity index (χ1) is 15.1. The quantitative estimate of drug-likeness (QED) is 0.308. The normalized spacial score (nSPS) is 12.5. The second-order valence-corrected chi connectivity index (χ2v) is 8.05. The van der Waals surface area contributed by atoms with Gasteiger partial charge in [-0.1, -0.05) is 24.3 Å². The minimum Gasteiger partial charge on any atom is -0.346 e. The molecule has 0 saturated carbocycles. The van der Waals surface area contributed by atoms with Gasteiger partial charge < -0.3 is 14.4 Å². The Bertz CT molecular complexity index is 1470. The summed E-state index contributed by atoms with van der Waals surface area (Å²) in [5.41, 5.74) is 6.10. The fourth-order valence-electron chi connectivity index (χ4n) is 3.78. The lowest BCUT2D eigenvalue weighted by molar-refractivity contribution is 0.548. The number of fused-ring (bicyclic) bond motifs is 2. The van der Waals surface area contributed by atoms with Crippen LogP contribution in [-0.2, 0) is 24.2 Å². The lowest BCUT2D eigenvalue weighted by atomic mass is 10.1. The van der Waals surface area contributed by atoms with E-state index in [1.807, 2.05) is 59.3 Å². The third-order valence-corrected chi connectivity index (χ3v) is 5.69. The molecule has 156 valence electrons. The van der Waals surface area contributed by atoms with Crippen molar-refractivity contribution in [2.75, 3.05) is 0 Å². The lowest BCUT2D eigenvalue weighted by Crippen LogP contribution is -2.15. The predicted molar refractivity (Wildman–Crippen MR) is 120 cm³/mol. The first-order valence-corrected chi connectivity index (χ1v) is 10.8. The van der Waals surface area contributed by atoms with Crippen molar-refractivity contribution in [1.82, 2.24) is 24.1 Å². The Balaban J connectivity index is 1.49. The van der Waals surface area contributed by atoms with E-state index < -0.39 is 11.3 Å². The van der Waals surface area contributed by atoms with Crippen LogP contribution in [0, 0.1) is 0 Å². The maximum Gasteiger partial charge on any atom is 0.272 e. The van der Waals surface area contributed by atoms with Crippen LogP contribution < -0.4 is 10.3 Å². The molecule has 0 spiro atoms. The summed E-state index contributed by atoms with van der Waals surface area (Å²) in [7, 11) is 0. The monoisotopic (exact) mass is 433 g/mol. The maximum absolute atomic E-state index is 12.5. The minimum absolute atomic E-state index is 0.147. The first-order valence-electron chi connectivity index (χ1n) is 9.66. The van der Waals surface area contributed by atoms with E-state index in [1.165, 1.54) is 0 Å². The van der Waals surface area contributed by atoms with E-state index in [9.17, 15) is 9.00 Å². The average Bonchev–Trinajstić information content (AvgIpc) is 3.40. The van der Waals surface area contributed by atoms with Crippen LogP contribution in [0.25, 0.3) is 27.7 Å². The van der Waals surface area contributed by atoms with Gasteiger partial charge in [0, 0.05) is 60.0 Å². The van der Waals surface area contributed by atoms with Crippen molar-refractivity contribution in [3.8, 4) is 11.1 Å². The fourth-order valence-corrected chi connectivity index (χ4v) is 4.07. The molecule has 1 unspecified atom stereocenters. The van der Waals surface area contributed by atoms with Gasteiger partial charge in [-0.05, 0) is 29.3 Å². The van der Waals surface area contributed by atoms with Crippen LogP contribution in [0.5, 0.6) is 0 Å². The van der Waals surface area contributed by atoms with Crippen molar-refractivity contribution in [2.24, 2.45) is 0 Å². The predicted octanol–water partition coefficient (Wildman–Crippen LogP) is 2.99. The van der Waals surface area contributed by atoms with Gasteiger partial charge in [-0.3, -0.25) is 9.35 Å².